The third kappa shape index (κ3) is 29.1. The van der Waals surface area contributed by atoms with Crippen molar-refractivity contribution in [2.24, 2.45) is 0 Å². The Labute approximate surface area is 207 Å². The summed E-state index contributed by atoms with van der Waals surface area (Å²) in [6, 6.07) is 0. The van der Waals surface area contributed by atoms with Gasteiger partial charge in [0.05, 0.1) is 6.61 Å². The van der Waals surface area contributed by atoms with Crippen LogP contribution in [0.4, 0.5) is 0 Å². The van der Waals surface area contributed by atoms with Crippen LogP contribution in [0.25, 0.3) is 0 Å². The highest BCUT2D eigenvalue weighted by molar-refractivity contribution is 5.69. The van der Waals surface area contributed by atoms with Crippen molar-refractivity contribution in [3.8, 4) is 0 Å². The number of aliphatic hydroxyl groups is 1. The molecule has 0 unspecified atom stereocenters. The van der Waals surface area contributed by atoms with E-state index in [0.29, 0.717) is 19.6 Å². The first-order valence-electron chi connectivity index (χ1n) is 14.7. The molecule has 0 aliphatic heterocycles. The van der Waals surface area contributed by atoms with Gasteiger partial charge in [0, 0.05) is 13.0 Å². The second-order valence-corrected chi connectivity index (χ2v) is 9.81. The zero-order chi connectivity index (χ0) is 24.1. The maximum atomic E-state index is 11.8. The van der Waals surface area contributed by atoms with Crippen LogP contribution in [-0.4, -0.2) is 24.3 Å². The van der Waals surface area contributed by atoms with Gasteiger partial charge in [0.1, 0.15) is 0 Å². The monoisotopic (exact) mass is 466 g/mol. The van der Waals surface area contributed by atoms with Crippen LogP contribution in [0.3, 0.4) is 0 Å². The summed E-state index contributed by atoms with van der Waals surface area (Å²) in [6.45, 7) is 3.20. The second-order valence-electron chi connectivity index (χ2n) is 9.81. The second kappa shape index (κ2) is 29.2. The van der Waals surface area contributed by atoms with Crippen LogP contribution in [-0.2, 0) is 9.53 Å². The quantitative estimate of drug-likeness (QED) is 0.0744. The van der Waals surface area contributed by atoms with E-state index in [1.807, 2.05) is 0 Å². The molecule has 3 nitrogen and oxygen atoms in total. The normalized spacial score (nSPS) is 11.5. The molecule has 1 N–H and O–H groups in total. The van der Waals surface area contributed by atoms with Crippen molar-refractivity contribution in [2.45, 2.75) is 161 Å². The molecular formula is C30H58O3. The Morgan fingerprint density at radius 2 is 1.00 bits per heavy atom. The number of carbonyl (C=O) groups excluding carboxylic acids is 1. The number of rotatable bonds is 27. The standard InChI is InChI=1S/C30H58O3/c1-2-3-4-5-6-7-12-15-18-21-24-27-30(32)33-29-26-23-20-17-14-11-9-8-10-13-16-19-22-25-28-31/h5-6,31H,2-4,7-29H2,1H3. The molecule has 0 aromatic heterocycles. The number of aliphatic hydroxyl groups excluding tert-OH is 1. The molecule has 0 rings (SSSR count). The van der Waals surface area contributed by atoms with Crippen LogP contribution in [0.15, 0.2) is 12.2 Å². The molecule has 0 radical (unpaired) electrons. The van der Waals surface area contributed by atoms with E-state index in [0.717, 1.165) is 25.7 Å². The topological polar surface area (TPSA) is 46.5 Å². The molecule has 0 amide bonds. The first kappa shape index (κ1) is 32.2. The SMILES string of the molecule is CCCCC=CCCCCCCCC(=O)OCCCCCCCCCCCCCCCCO. The van der Waals surface area contributed by atoms with Gasteiger partial charge in [0.2, 0.25) is 0 Å². The molecule has 0 fully saturated rings. The summed E-state index contributed by atoms with van der Waals surface area (Å²) in [5.41, 5.74) is 0. The Hall–Kier alpha value is -0.830. The molecule has 0 aliphatic carbocycles. The van der Waals surface area contributed by atoms with Crippen molar-refractivity contribution < 1.29 is 14.6 Å². The van der Waals surface area contributed by atoms with Gasteiger partial charge in [-0.3, -0.25) is 4.79 Å². The molecule has 33 heavy (non-hydrogen) atoms. The van der Waals surface area contributed by atoms with E-state index in [1.54, 1.807) is 0 Å². The summed E-state index contributed by atoms with van der Waals surface area (Å²) < 4.78 is 5.39. The van der Waals surface area contributed by atoms with Gasteiger partial charge in [-0.05, 0) is 38.5 Å². The number of unbranched alkanes of at least 4 members (excludes halogenated alkanes) is 20. The van der Waals surface area contributed by atoms with Crippen molar-refractivity contribution in [2.75, 3.05) is 13.2 Å². The zero-order valence-corrected chi connectivity index (χ0v) is 22.3. The lowest BCUT2D eigenvalue weighted by Crippen LogP contribution is -2.05. The third-order valence-corrected chi connectivity index (χ3v) is 6.46. The first-order chi connectivity index (χ1) is 16.3. The average Bonchev–Trinajstić information content (AvgIpc) is 2.82. The number of hydrogen-bond donors (Lipinski definition) is 1. The van der Waals surface area contributed by atoms with Gasteiger partial charge < -0.3 is 9.84 Å². The number of allylic oxidation sites excluding steroid dienone is 2. The van der Waals surface area contributed by atoms with E-state index in [2.05, 4.69) is 19.1 Å². The molecule has 0 spiro atoms. The summed E-state index contributed by atoms with van der Waals surface area (Å²) >= 11 is 0. The van der Waals surface area contributed by atoms with E-state index in [4.69, 9.17) is 9.84 Å². The van der Waals surface area contributed by atoms with Crippen molar-refractivity contribution in [1.29, 1.82) is 0 Å². The molecule has 196 valence electrons. The molecule has 0 aromatic rings. The Morgan fingerprint density at radius 3 is 1.52 bits per heavy atom. The van der Waals surface area contributed by atoms with Crippen LogP contribution in [0.2, 0.25) is 0 Å². The van der Waals surface area contributed by atoms with Crippen molar-refractivity contribution in [1.82, 2.24) is 0 Å². The van der Waals surface area contributed by atoms with Crippen molar-refractivity contribution in [3.63, 3.8) is 0 Å². The lowest BCUT2D eigenvalue weighted by atomic mass is 10.0. The fourth-order valence-electron chi connectivity index (χ4n) is 4.21. The third-order valence-electron chi connectivity index (χ3n) is 6.46. The zero-order valence-electron chi connectivity index (χ0n) is 22.3. The van der Waals surface area contributed by atoms with E-state index in [1.165, 1.54) is 122 Å². The summed E-state index contributed by atoms with van der Waals surface area (Å²) in [5.74, 6) is 0.00209. The van der Waals surface area contributed by atoms with Crippen LogP contribution >= 0.6 is 0 Å². The van der Waals surface area contributed by atoms with E-state index in [-0.39, 0.29) is 5.97 Å². The molecule has 0 aromatic carbocycles. The summed E-state index contributed by atoms with van der Waals surface area (Å²) in [6.07, 6.45) is 34.0. The van der Waals surface area contributed by atoms with Crippen LogP contribution < -0.4 is 0 Å². The van der Waals surface area contributed by atoms with Crippen LogP contribution in [0.5, 0.6) is 0 Å². The Balaban J connectivity index is 3.16. The maximum Gasteiger partial charge on any atom is 0.305 e. The fraction of sp³-hybridized carbons (Fsp3) is 0.900. The largest absolute Gasteiger partial charge is 0.466 e. The van der Waals surface area contributed by atoms with Crippen molar-refractivity contribution in [3.05, 3.63) is 12.2 Å². The molecule has 3 heteroatoms. The number of ether oxygens (including phenoxy) is 1. The van der Waals surface area contributed by atoms with Crippen LogP contribution in [0.1, 0.15) is 161 Å². The maximum absolute atomic E-state index is 11.8. The smallest absolute Gasteiger partial charge is 0.305 e. The minimum absolute atomic E-state index is 0.00209. The Morgan fingerprint density at radius 1 is 0.576 bits per heavy atom. The number of hydrogen-bond acceptors (Lipinski definition) is 3. The van der Waals surface area contributed by atoms with Gasteiger partial charge in [-0.1, -0.05) is 128 Å². The van der Waals surface area contributed by atoms with Gasteiger partial charge in [0.25, 0.3) is 0 Å². The Bertz CT molecular complexity index is 405. The van der Waals surface area contributed by atoms with Crippen LogP contribution in [0, 0.1) is 0 Å². The van der Waals surface area contributed by atoms with E-state index in [9.17, 15) is 4.79 Å². The molecule has 0 atom stereocenters. The highest BCUT2D eigenvalue weighted by Gasteiger charge is 2.02. The molecule has 0 bridgehead atoms. The highest BCUT2D eigenvalue weighted by atomic mass is 16.5. The number of carbonyl (C=O) groups is 1. The predicted octanol–water partition coefficient (Wildman–Crippen LogP) is 9.46. The van der Waals surface area contributed by atoms with Crippen molar-refractivity contribution >= 4 is 5.97 Å². The molecular weight excluding hydrogens is 408 g/mol. The number of esters is 1. The molecule has 0 saturated carbocycles. The Kier molecular flexibility index (Phi) is 28.5. The van der Waals surface area contributed by atoms with E-state index < -0.39 is 0 Å². The highest BCUT2D eigenvalue weighted by Crippen LogP contribution is 2.13. The lowest BCUT2D eigenvalue weighted by molar-refractivity contribution is -0.143. The van der Waals surface area contributed by atoms with Gasteiger partial charge in [0.15, 0.2) is 0 Å². The summed E-state index contributed by atoms with van der Waals surface area (Å²) in [4.78, 5) is 11.8. The summed E-state index contributed by atoms with van der Waals surface area (Å²) in [7, 11) is 0. The molecule has 0 heterocycles. The van der Waals surface area contributed by atoms with Gasteiger partial charge in [-0.25, -0.2) is 0 Å². The minimum Gasteiger partial charge on any atom is -0.466 e. The van der Waals surface area contributed by atoms with Gasteiger partial charge >= 0.3 is 5.97 Å². The average molecular weight is 467 g/mol. The molecule has 0 saturated heterocycles. The van der Waals surface area contributed by atoms with E-state index >= 15 is 0 Å². The lowest BCUT2D eigenvalue weighted by Gasteiger charge is -2.05. The summed E-state index contributed by atoms with van der Waals surface area (Å²) in [5, 5.41) is 8.75. The molecule has 0 aliphatic rings. The van der Waals surface area contributed by atoms with Gasteiger partial charge in [-0.15, -0.1) is 0 Å². The minimum atomic E-state index is 0.00209. The first-order valence-corrected chi connectivity index (χ1v) is 14.7. The van der Waals surface area contributed by atoms with Gasteiger partial charge in [-0.2, -0.15) is 0 Å². The predicted molar refractivity (Wildman–Crippen MR) is 144 cm³/mol. The fourth-order valence-corrected chi connectivity index (χ4v) is 4.21.